The lowest BCUT2D eigenvalue weighted by Crippen LogP contribution is -2.04. The minimum absolute atomic E-state index is 0.800. The largest absolute Gasteiger partial charge is 0.232 e. The van der Waals surface area contributed by atoms with E-state index in [1.165, 1.54) is 22.3 Å². The summed E-state index contributed by atoms with van der Waals surface area (Å²) in [5.41, 5.74) is 5.16. The fraction of sp³-hybridized carbons (Fsp3) is 0.250. The van der Waals surface area contributed by atoms with Gasteiger partial charge < -0.3 is 0 Å². The van der Waals surface area contributed by atoms with Crippen molar-refractivity contribution in [3.05, 3.63) is 70.8 Å². The van der Waals surface area contributed by atoms with Gasteiger partial charge in [-0.1, -0.05) is 59.7 Å². The highest BCUT2D eigenvalue weighted by atomic mass is 14.8. The molecule has 0 unspecified atom stereocenters. The molecule has 87 valence electrons. The van der Waals surface area contributed by atoms with Gasteiger partial charge in [0.25, 0.3) is 0 Å². The van der Waals surface area contributed by atoms with Crippen molar-refractivity contribution >= 4 is 0 Å². The van der Waals surface area contributed by atoms with E-state index in [1.54, 1.807) is 0 Å². The Morgan fingerprint density at radius 1 is 0.647 bits per heavy atom. The van der Waals surface area contributed by atoms with Gasteiger partial charge in [0.15, 0.2) is 0 Å². The predicted molar refractivity (Wildman–Crippen MR) is 71.9 cm³/mol. The molecule has 0 aromatic heterocycles. The van der Waals surface area contributed by atoms with E-state index in [-0.39, 0.29) is 0 Å². The molecule has 1 heteroatoms. The van der Waals surface area contributed by atoms with Crippen LogP contribution in [0.15, 0.2) is 48.5 Å². The van der Waals surface area contributed by atoms with E-state index in [2.05, 4.69) is 67.7 Å². The molecule has 17 heavy (non-hydrogen) atoms. The summed E-state index contributed by atoms with van der Waals surface area (Å²) in [4.78, 5) is 0. The average molecular weight is 224 g/mol. The number of hydrogen-bond acceptors (Lipinski definition) is 0. The normalized spacial score (nSPS) is 10.5. The van der Waals surface area contributed by atoms with Crippen molar-refractivity contribution < 1.29 is 0 Å². The van der Waals surface area contributed by atoms with E-state index < -0.39 is 0 Å². The summed E-state index contributed by atoms with van der Waals surface area (Å²) in [5.74, 6) is 0. The second-order valence-corrected chi connectivity index (χ2v) is 4.51. The van der Waals surface area contributed by atoms with Crippen molar-refractivity contribution in [2.24, 2.45) is 0 Å². The Morgan fingerprint density at radius 3 is 1.35 bits per heavy atom. The highest BCUT2D eigenvalue weighted by molar-refractivity contribution is 5.22. The van der Waals surface area contributed by atoms with Crippen molar-refractivity contribution in [1.29, 1.82) is 0 Å². The van der Waals surface area contributed by atoms with Gasteiger partial charge in [-0.3, -0.25) is 0 Å². The minimum atomic E-state index is 0.800. The maximum Gasteiger partial charge on any atom is 0.0388 e. The number of benzene rings is 2. The highest BCUT2D eigenvalue weighted by Crippen LogP contribution is 2.06. The summed E-state index contributed by atoms with van der Waals surface area (Å²) in [5, 5.41) is 4.57. The Hall–Kier alpha value is -1.60. The van der Waals surface area contributed by atoms with E-state index in [0.29, 0.717) is 0 Å². The van der Waals surface area contributed by atoms with Gasteiger partial charge in [-0.05, 0) is 25.0 Å². The van der Waals surface area contributed by atoms with Gasteiger partial charge in [-0.25, -0.2) is 5.32 Å². The maximum absolute atomic E-state index is 4.57. The molecule has 0 aliphatic carbocycles. The first-order valence-corrected chi connectivity index (χ1v) is 5.98. The third-order valence-electron chi connectivity index (χ3n) is 2.83. The van der Waals surface area contributed by atoms with Crippen molar-refractivity contribution in [3.63, 3.8) is 0 Å². The van der Waals surface area contributed by atoms with Gasteiger partial charge in [0.1, 0.15) is 0 Å². The van der Waals surface area contributed by atoms with E-state index in [4.69, 9.17) is 0 Å². The van der Waals surface area contributed by atoms with Crippen molar-refractivity contribution in [3.8, 4) is 0 Å². The van der Waals surface area contributed by atoms with Crippen LogP contribution < -0.4 is 5.32 Å². The van der Waals surface area contributed by atoms with Gasteiger partial charge >= 0.3 is 0 Å². The lowest BCUT2D eigenvalue weighted by molar-refractivity contribution is 0.676. The molecule has 0 spiro atoms. The SMILES string of the molecule is Cc1ccc(C[N]Cc2ccc(C)cc2)cc1. The molecule has 1 radical (unpaired) electrons. The molecular formula is C16H18N. The molecule has 0 amide bonds. The monoisotopic (exact) mass is 224 g/mol. The summed E-state index contributed by atoms with van der Waals surface area (Å²) >= 11 is 0. The van der Waals surface area contributed by atoms with Gasteiger partial charge in [-0.2, -0.15) is 0 Å². The van der Waals surface area contributed by atoms with Crippen LogP contribution in [-0.4, -0.2) is 0 Å². The molecule has 0 saturated carbocycles. The molecule has 2 rings (SSSR count). The summed E-state index contributed by atoms with van der Waals surface area (Å²) < 4.78 is 0. The number of hydrogen-bond donors (Lipinski definition) is 0. The van der Waals surface area contributed by atoms with Crippen molar-refractivity contribution in [2.75, 3.05) is 0 Å². The summed E-state index contributed by atoms with van der Waals surface area (Å²) in [6, 6.07) is 17.1. The molecule has 0 saturated heterocycles. The Morgan fingerprint density at radius 2 is 1.00 bits per heavy atom. The van der Waals surface area contributed by atoms with Gasteiger partial charge in [0.05, 0.1) is 0 Å². The first-order valence-electron chi connectivity index (χ1n) is 5.98. The number of aryl methyl sites for hydroxylation is 2. The first-order chi connectivity index (χ1) is 8.24. The average Bonchev–Trinajstić information content (AvgIpc) is 2.34. The number of nitrogens with zero attached hydrogens (tertiary/aromatic N) is 1. The van der Waals surface area contributed by atoms with Crippen molar-refractivity contribution in [1.82, 2.24) is 5.32 Å². The van der Waals surface area contributed by atoms with Crippen LogP contribution in [0.4, 0.5) is 0 Å². The van der Waals surface area contributed by atoms with Gasteiger partial charge in [0.2, 0.25) is 0 Å². The fourth-order valence-electron chi connectivity index (χ4n) is 1.70. The van der Waals surface area contributed by atoms with Crippen LogP contribution in [0.3, 0.4) is 0 Å². The Labute approximate surface area is 103 Å². The minimum Gasteiger partial charge on any atom is -0.232 e. The lowest BCUT2D eigenvalue weighted by Gasteiger charge is -2.04. The maximum atomic E-state index is 4.57. The smallest absolute Gasteiger partial charge is 0.0388 e. The van der Waals surface area contributed by atoms with E-state index in [9.17, 15) is 0 Å². The molecule has 2 aromatic rings. The molecule has 2 aromatic carbocycles. The summed E-state index contributed by atoms with van der Waals surface area (Å²) in [6.07, 6.45) is 0. The molecular weight excluding hydrogens is 206 g/mol. The van der Waals surface area contributed by atoms with Crippen LogP contribution in [0, 0.1) is 13.8 Å². The van der Waals surface area contributed by atoms with Crippen LogP contribution in [-0.2, 0) is 13.1 Å². The molecule has 0 bridgehead atoms. The van der Waals surface area contributed by atoms with E-state index in [0.717, 1.165) is 13.1 Å². The van der Waals surface area contributed by atoms with Gasteiger partial charge in [-0.15, -0.1) is 0 Å². The third kappa shape index (κ3) is 3.72. The van der Waals surface area contributed by atoms with Crippen LogP contribution in [0.2, 0.25) is 0 Å². The number of rotatable bonds is 4. The predicted octanol–water partition coefficient (Wildman–Crippen LogP) is 3.61. The highest BCUT2D eigenvalue weighted by Gasteiger charge is 1.95. The second-order valence-electron chi connectivity index (χ2n) is 4.51. The quantitative estimate of drug-likeness (QED) is 0.753. The Balaban J connectivity index is 1.83. The second kappa shape index (κ2) is 5.65. The Bertz CT molecular complexity index is 408. The molecule has 0 N–H and O–H groups in total. The lowest BCUT2D eigenvalue weighted by atomic mass is 10.1. The zero-order valence-electron chi connectivity index (χ0n) is 10.5. The standard InChI is InChI=1S/C16H18N/c1-13-3-7-15(8-4-13)11-17-12-16-9-5-14(2)6-10-16/h3-10H,11-12H2,1-2H3. The van der Waals surface area contributed by atoms with E-state index in [1.807, 2.05) is 0 Å². The molecule has 0 aliphatic heterocycles. The van der Waals surface area contributed by atoms with Crippen LogP contribution in [0.25, 0.3) is 0 Å². The topological polar surface area (TPSA) is 14.1 Å². The molecule has 0 heterocycles. The first kappa shape index (κ1) is 11.9. The molecule has 0 fully saturated rings. The zero-order chi connectivity index (χ0) is 12.1. The van der Waals surface area contributed by atoms with Crippen LogP contribution >= 0.6 is 0 Å². The molecule has 0 atom stereocenters. The van der Waals surface area contributed by atoms with Crippen LogP contribution in [0.5, 0.6) is 0 Å². The van der Waals surface area contributed by atoms with Gasteiger partial charge in [0, 0.05) is 13.1 Å². The Kier molecular flexibility index (Phi) is 3.94. The summed E-state index contributed by atoms with van der Waals surface area (Å²) in [7, 11) is 0. The van der Waals surface area contributed by atoms with Crippen molar-refractivity contribution in [2.45, 2.75) is 26.9 Å². The zero-order valence-corrected chi connectivity index (χ0v) is 10.5. The fourth-order valence-corrected chi connectivity index (χ4v) is 1.70. The van der Waals surface area contributed by atoms with Crippen LogP contribution in [0.1, 0.15) is 22.3 Å². The van der Waals surface area contributed by atoms with E-state index >= 15 is 0 Å². The summed E-state index contributed by atoms with van der Waals surface area (Å²) in [6.45, 7) is 5.81. The molecule has 0 aliphatic rings. The third-order valence-corrected chi connectivity index (χ3v) is 2.83. The molecule has 1 nitrogen and oxygen atoms in total.